The van der Waals surface area contributed by atoms with E-state index >= 15 is 0 Å². The van der Waals surface area contributed by atoms with Crippen molar-refractivity contribution in [3.63, 3.8) is 0 Å². The fraction of sp³-hybridized carbons (Fsp3) is 0.154. The van der Waals surface area contributed by atoms with Crippen molar-refractivity contribution in [3.05, 3.63) is 102 Å². The number of hydrogen-bond acceptors (Lipinski definition) is 6. The number of carbonyl (C=O) groups excluding carboxylic acids is 1. The molecule has 2 heterocycles. The number of nitrogens with zero attached hydrogens (tertiary/aromatic N) is 6. The number of aryl methyl sites for hydroxylation is 1. The smallest absolute Gasteiger partial charge is 0.217 e. The number of Topliss-reactive ketones (excluding diaryl/α,β-unsaturated/α-hetero) is 1. The topological polar surface area (TPSA) is 102 Å². The Hall–Kier alpha value is -4.46. The molecule has 3 aromatic carbocycles. The Morgan fingerprint density at radius 3 is 2.32 bits per heavy atom. The number of hydrogen-bond donors (Lipinski definition) is 1. The molecule has 2 aromatic heterocycles. The van der Waals surface area contributed by atoms with E-state index in [0.717, 1.165) is 33.6 Å². The number of nitrogens with one attached hydrogen (secondary N) is 1. The molecule has 0 saturated carbocycles. The Morgan fingerprint density at radius 1 is 0.882 bits per heavy atom. The van der Waals surface area contributed by atoms with Crippen molar-refractivity contribution in [2.24, 2.45) is 0 Å². The van der Waals surface area contributed by atoms with Gasteiger partial charge in [-0.3, -0.25) is 4.79 Å². The molecule has 168 valence electrons. The molecule has 0 amide bonds. The maximum absolute atomic E-state index is 12.7. The molecule has 34 heavy (non-hydrogen) atoms. The molecule has 5 rings (SSSR count). The minimum absolute atomic E-state index is 0.0755. The van der Waals surface area contributed by atoms with Crippen LogP contribution >= 0.6 is 0 Å². The molecule has 0 aliphatic carbocycles. The minimum atomic E-state index is -0.0755. The third kappa shape index (κ3) is 4.52. The number of aromatic amines is 1. The van der Waals surface area contributed by atoms with E-state index in [2.05, 4.69) is 55.0 Å². The van der Waals surface area contributed by atoms with Gasteiger partial charge in [-0.15, -0.1) is 10.2 Å². The molecular formula is C26H23N7O. The summed E-state index contributed by atoms with van der Waals surface area (Å²) < 4.78 is 1.80. The monoisotopic (exact) mass is 449 g/mol. The van der Waals surface area contributed by atoms with Gasteiger partial charge in [0.15, 0.2) is 5.82 Å². The zero-order valence-electron chi connectivity index (χ0n) is 18.7. The van der Waals surface area contributed by atoms with Crippen LogP contribution in [0.25, 0.3) is 22.5 Å². The molecule has 8 heteroatoms. The van der Waals surface area contributed by atoms with Gasteiger partial charge in [-0.25, -0.2) is 14.8 Å². The number of benzene rings is 3. The second kappa shape index (κ2) is 9.58. The van der Waals surface area contributed by atoms with Gasteiger partial charge in [-0.2, -0.15) is 0 Å². The normalized spacial score (nSPS) is 11.0. The van der Waals surface area contributed by atoms with E-state index in [-0.39, 0.29) is 11.6 Å². The highest BCUT2D eigenvalue weighted by molar-refractivity contribution is 5.94. The first-order valence-corrected chi connectivity index (χ1v) is 11.1. The van der Waals surface area contributed by atoms with Crippen molar-refractivity contribution < 1.29 is 4.79 Å². The zero-order chi connectivity index (χ0) is 23.3. The predicted molar refractivity (Wildman–Crippen MR) is 128 cm³/mol. The third-order valence-corrected chi connectivity index (χ3v) is 5.66. The van der Waals surface area contributed by atoms with Gasteiger partial charge in [0.05, 0.1) is 0 Å². The lowest BCUT2D eigenvalue weighted by atomic mass is 9.98. The van der Waals surface area contributed by atoms with Crippen LogP contribution in [0.5, 0.6) is 0 Å². The predicted octanol–water partition coefficient (Wildman–Crippen LogP) is 4.16. The molecule has 0 unspecified atom stereocenters. The lowest BCUT2D eigenvalue weighted by molar-refractivity contribution is 0.0982. The van der Waals surface area contributed by atoms with Crippen LogP contribution in [0.4, 0.5) is 0 Å². The molecular weight excluding hydrogens is 426 g/mol. The van der Waals surface area contributed by atoms with Crippen LogP contribution in [0, 0.1) is 0 Å². The van der Waals surface area contributed by atoms with E-state index in [4.69, 9.17) is 0 Å². The largest absolute Gasteiger partial charge is 0.290 e. The lowest BCUT2D eigenvalue weighted by Gasteiger charge is -2.08. The van der Waals surface area contributed by atoms with Crippen LogP contribution in [0.15, 0.2) is 78.9 Å². The van der Waals surface area contributed by atoms with E-state index in [1.807, 2.05) is 61.5 Å². The highest BCUT2D eigenvalue weighted by Crippen LogP contribution is 2.30. The van der Waals surface area contributed by atoms with Crippen LogP contribution in [-0.4, -0.2) is 41.2 Å². The molecule has 0 radical (unpaired) electrons. The summed E-state index contributed by atoms with van der Waals surface area (Å²) in [7, 11) is 0. The Bertz CT molecular complexity index is 1390. The van der Waals surface area contributed by atoms with Gasteiger partial charge < -0.3 is 0 Å². The number of H-pyrrole nitrogens is 1. The molecule has 5 aromatic rings. The Morgan fingerprint density at radius 2 is 1.62 bits per heavy atom. The van der Waals surface area contributed by atoms with Crippen molar-refractivity contribution in [3.8, 4) is 22.5 Å². The molecule has 0 fully saturated rings. The molecule has 0 bridgehead atoms. The van der Waals surface area contributed by atoms with Gasteiger partial charge in [0.2, 0.25) is 11.6 Å². The first-order chi connectivity index (χ1) is 16.7. The standard InChI is InChI=1S/C26H23N7O/c1-2-33-24(27-26(30-33)23(34)16-18-8-4-3-5-9-18)17-19-12-14-20(15-13-19)21-10-6-7-11-22(21)25-28-31-32-29-25/h3-15H,2,16-17H2,1H3,(H,28,29,31,32). The molecule has 0 spiro atoms. The first kappa shape index (κ1) is 21.4. The molecule has 1 N–H and O–H groups in total. The van der Waals surface area contributed by atoms with Crippen molar-refractivity contribution in [1.82, 2.24) is 35.4 Å². The molecule has 8 nitrogen and oxygen atoms in total. The summed E-state index contributed by atoms with van der Waals surface area (Å²) in [5.74, 6) is 1.60. The highest BCUT2D eigenvalue weighted by Gasteiger charge is 2.17. The Balaban J connectivity index is 1.35. The van der Waals surface area contributed by atoms with E-state index in [1.54, 1.807) is 4.68 Å². The second-order valence-electron chi connectivity index (χ2n) is 7.92. The molecule has 0 aliphatic heterocycles. The summed E-state index contributed by atoms with van der Waals surface area (Å²) >= 11 is 0. The van der Waals surface area contributed by atoms with Crippen molar-refractivity contribution in [2.75, 3.05) is 0 Å². The molecule has 0 atom stereocenters. The van der Waals surface area contributed by atoms with E-state index in [0.29, 0.717) is 25.2 Å². The maximum atomic E-state index is 12.7. The number of ketones is 1. The Kier molecular flexibility index (Phi) is 6.03. The minimum Gasteiger partial charge on any atom is -0.290 e. The fourth-order valence-corrected chi connectivity index (χ4v) is 3.94. The second-order valence-corrected chi connectivity index (χ2v) is 7.92. The van der Waals surface area contributed by atoms with Gasteiger partial charge in [0.1, 0.15) is 5.82 Å². The molecule has 0 saturated heterocycles. The Labute approximate surface area is 196 Å². The fourth-order valence-electron chi connectivity index (χ4n) is 3.94. The van der Waals surface area contributed by atoms with Crippen LogP contribution in [0.1, 0.15) is 34.5 Å². The highest BCUT2D eigenvalue weighted by atomic mass is 16.1. The summed E-state index contributed by atoms with van der Waals surface area (Å²) in [6, 6.07) is 26.0. The summed E-state index contributed by atoms with van der Waals surface area (Å²) in [4.78, 5) is 17.3. The van der Waals surface area contributed by atoms with Gasteiger partial charge in [-0.1, -0.05) is 78.9 Å². The quantitative estimate of drug-likeness (QED) is 0.357. The number of rotatable bonds is 8. The van der Waals surface area contributed by atoms with Gasteiger partial charge in [0.25, 0.3) is 0 Å². The third-order valence-electron chi connectivity index (χ3n) is 5.66. The van der Waals surface area contributed by atoms with Crippen molar-refractivity contribution in [2.45, 2.75) is 26.3 Å². The molecule has 0 aliphatic rings. The number of carbonyl (C=O) groups is 1. The summed E-state index contributed by atoms with van der Waals surface area (Å²) in [5.41, 5.74) is 5.09. The van der Waals surface area contributed by atoms with Crippen molar-refractivity contribution >= 4 is 5.78 Å². The maximum Gasteiger partial charge on any atom is 0.217 e. The average molecular weight is 450 g/mol. The summed E-state index contributed by atoms with van der Waals surface area (Å²) in [6.07, 6.45) is 0.885. The average Bonchev–Trinajstić information content (AvgIpc) is 3.56. The van der Waals surface area contributed by atoms with Gasteiger partial charge >= 0.3 is 0 Å². The summed E-state index contributed by atoms with van der Waals surface area (Å²) in [6.45, 7) is 2.65. The zero-order valence-corrected chi connectivity index (χ0v) is 18.7. The van der Waals surface area contributed by atoms with Crippen LogP contribution in [-0.2, 0) is 19.4 Å². The first-order valence-electron chi connectivity index (χ1n) is 11.1. The number of tetrazole rings is 1. The summed E-state index contributed by atoms with van der Waals surface area (Å²) in [5, 5.41) is 18.7. The lowest BCUT2D eigenvalue weighted by Crippen LogP contribution is -2.07. The van der Waals surface area contributed by atoms with Gasteiger partial charge in [0, 0.05) is 24.9 Å². The SMILES string of the molecule is CCn1nc(C(=O)Cc2ccccc2)nc1Cc1ccc(-c2ccccc2-c2nnn[nH]2)cc1. The van der Waals surface area contributed by atoms with E-state index in [1.165, 1.54) is 0 Å². The van der Waals surface area contributed by atoms with Crippen LogP contribution < -0.4 is 0 Å². The van der Waals surface area contributed by atoms with E-state index in [9.17, 15) is 4.79 Å². The number of aromatic nitrogens is 7. The van der Waals surface area contributed by atoms with Crippen LogP contribution in [0.3, 0.4) is 0 Å². The van der Waals surface area contributed by atoms with Crippen molar-refractivity contribution in [1.29, 1.82) is 0 Å². The van der Waals surface area contributed by atoms with Crippen LogP contribution in [0.2, 0.25) is 0 Å². The van der Waals surface area contributed by atoms with E-state index < -0.39 is 0 Å². The van der Waals surface area contributed by atoms with Gasteiger partial charge in [-0.05, 0) is 39.6 Å².